The monoisotopic (exact) mass is 464 g/mol. The molecule has 0 radical (unpaired) electrons. The van der Waals surface area contributed by atoms with Crippen molar-refractivity contribution in [1.82, 2.24) is 24.5 Å². The molecule has 1 aromatic carbocycles. The highest BCUT2D eigenvalue weighted by Crippen LogP contribution is 2.28. The van der Waals surface area contributed by atoms with Gasteiger partial charge in [-0.1, -0.05) is 29.3 Å². The van der Waals surface area contributed by atoms with E-state index in [1.165, 1.54) is 0 Å². The number of methoxy groups -OCH3 is 1. The van der Waals surface area contributed by atoms with Gasteiger partial charge in [0.05, 0.1) is 29.0 Å². The summed E-state index contributed by atoms with van der Waals surface area (Å²) < 4.78 is 11.9. The maximum absolute atomic E-state index is 12.3. The van der Waals surface area contributed by atoms with Gasteiger partial charge in [0.1, 0.15) is 6.61 Å². The third kappa shape index (κ3) is 4.90. The molecule has 0 spiro atoms. The minimum absolute atomic E-state index is 0.0257. The van der Waals surface area contributed by atoms with Gasteiger partial charge < -0.3 is 19.3 Å². The summed E-state index contributed by atoms with van der Waals surface area (Å²) in [7, 11) is 1.60. The highest BCUT2D eigenvalue weighted by Gasteiger charge is 2.24. The zero-order valence-corrected chi connectivity index (χ0v) is 18.5. The minimum atomic E-state index is -0.0257. The van der Waals surface area contributed by atoms with E-state index in [1.807, 2.05) is 17.0 Å². The van der Waals surface area contributed by atoms with E-state index in [2.05, 4.69) is 15.1 Å². The van der Waals surface area contributed by atoms with Crippen LogP contribution in [0.1, 0.15) is 0 Å². The van der Waals surface area contributed by atoms with Gasteiger partial charge in [-0.05, 0) is 18.2 Å². The third-order valence-electron chi connectivity index (χ3n) is 5.02. The molecule has 1 fully saturated rings. The molecular formula is C20H22Cl2N6O3. The van der Waals surface area contributed by atoms with Crippen molar-refractivity contribution in [1.29, 1.82) is 0 Å². The van der Waals surface area contributed by atoms with Crippen LogP contribution < -0.4 is 4.90 Å². The number of hydrogen-bond donors (Lipinski definition) is 0. The van der Waals surface area contributed by atoms with Crippen LogP contribution in [0.5, 0.6) is 0 Å². The zero-order valence-electron chi connectivity index (χ0n) is 17.0. The quantitative estimate of drug-likeness (QED) is 0.496. The fourth-order valence-electron chi connectivity index (χ4n) is 3.34. The number of halogens is 2. The minimum Gasteiger partial charge on any atom is -0.382 e. The first-order valence-electron chi connectivity index (χ1n) is 9.83. The summed E-state index contributed by atoms with van der Waals surface area (Å²) in [5.41, 5.74) is 1.67. The molecule has 164 valence electrons. The van der Waals surface area contributed by atoms with Crippen LogP contribution in [0.15, 0.2) is 30.5 Å². The SMILES string of the molecule is COCCOCC(=O)N1CCN(c2nc3nccc(-c4ccc(Cl)c(Cl)c4)n3n2)CC1. The van der Waals surface area contributed by atoms with Gasteiger partial charge >= 0.3 is 0 Å². The van der Waals surface area contributed by atoms with Crippen LogP contribution in [-0.4, -0.2) is 83.5 Å². The van der Waals surface area contributed by atoms with E-state index >= 15 is 0 Å². The normalized spacial score (nSPS) is 14.4. The average molecular weight is 465 g/mol. The lowest BCUT2D eigenvalue weighted by molar-refractivity contribution is -0.136. The number of carbonyl (C=O) groups is 1. The maximum atomic E-state index is 12.3. The van der Waals surface area contributed by atoms with Gasteiger partial charge in [0, 0.05) is 45.0 Å². The van der Waals surface area contributed by atoms with E-state index in [1.54, 1.807) is 34.9 Å². The van der Waals surface area contributed by atoms with Crippen LogP contribution in [0.2, 0.25) is 10.0 Å². The Morgan fingerprint density at radius 3 is 2.65 bits per heavy atom. The first kappa shape index (κ1) is 21.8. The van der Waals surface area contributed by atoms with Gasteiger partial charge in [0.15, 0.2) is 0 Å². The Kier molecular flexibility index (Phi) is 6.86. The fraction of sp³-hybridized carbons (Fsp3) is 0.400. The second kappa shape index (κ2) is 9.78. The molecular weight excluding hydrogens is 443 g/mol. The van der Waals surface area contributed by atoms with Crippen LogP contribution in [0.4, 0.5) is 5.95 Å². The summed E-state index contributed by atoms with van der Waals surface area (Å²) in [5.74, 6) is 1.04. The van der Waals surface area contributed by atoms with Gasteiger partial charge in [0.25, 0.3) is 5.78 Å². The summed E-state index contributed by atoms with van der Waals surface area (Å²) >= 11 is 12.2. The van der Waals surface area contributed by atoms with Gasteiger partial charge in [-0.3, -0.25) is 4.79 Å². The van der Waals surface area contributed by atoms with Crippen molar-refractivity contribution >= 4 is 40.8 Å². The number of ether oxygens (including phenoxy) is 2. The van der Waals surface area contributed by atoms with Gasteiger partial charge in [-0.25, -0.2) is 4.98 Å². The predicted molar refractivity (Wildman–Crippen MR) is 118 cm³/mol. The number of fused-ring (bicyclic) bond motifs is 1. The summed E-state index contributed by atoms with van der Waals surface area (Å²) in [6.45, 7) is 3.35. The van der Waals surface area contributed by atoms with E-state index in [-0.39, 0.29) is 12.5 Å². The molecule has 0 unspecified atom stereocenters. The summed E-state index contributed by atoms with van der Waals surface area (Å²) in [4.78, 5) is 25.0. The number of benzene rings is 1. The van der Waals surface area contributed by atoms with Crippen molar-refractivity contribution in [2.75, 3.05) is 58.0 Å². The van der Waals surface area contributed by atoms with Crippen LogP contribution >= 0.6 is 23.2 Å². The third-order valence-corrected chi connectivity index (χ3v) is 5.76. The Balaban J connectivity index is 1.45. The highest BCUT2D eigenvalue weighted by atomic mass is 35.5. The van der Waals surface area contributed by atoms with Crippen molar-refractivity contribution in [2.45, 2.75) is 0 Å². The summed E-state index contributed by atoms with van der Waals surface area (Å²) in [5, 5.41) is 5.62. The van der Waals surface area contributed by atoms with Crippen LogP contribution in [-0.2, 0) is 14.3 Å². The first-order valence-corrected chi connectivity index (χ1v) is 10.6. The van der Waals surface area contributed by atoms with Crippen LogP contribution in [0.25, 0.3) is 17.0 Å². The molecule has 0 bridgehead atoms. The lowest BCUT2D eigenvalue weighted by Gasteiger charge is -2.34. The molecule has 9 nitrogen and oxygen atoms in total. The summed E-state index contributed by atoms with van der Waals surface area (Å²) in [6, 6.07) is 7.27. The molecule has 0 saturated carbocycles. The van der Waals surface area contributed by atoms with Gasteiger partial charge in [-0.15, -0.1) is 5.10 Å². The zero-order chi connectivity index (χ0) is 21.8. The lowest BCUT2D eigenvalue weighted by atomic mass is 10.1. The van der Waals surface area contributed by atoms with E-state index in [0.29, 0.717) is 61.2 Å². The number of nitrogens with zero attached hydrogens (tertiary/aromatic N) is 6. The Hall–Kier alpha value is -2.46. The maximum Gasteiger partial charge on any atom is 0.254 e. The van der Waals surface area contributed by atoms with Gasteiger partial charge in [-0.2, -0.15) is 9.50 Å². The molecule has 2 aromatic heterocycles. The Morgan fingerprint density at radius 2 is 1.90 bits per heavy atom. The largest absolute Gasteiger partial charge is 0.382 e. The Bertz CT molecular complexity index is 1070. The first-order chi connectivity index (χ1) is 15.1. The number of rotatable bonds is 7. The number of anilines is 1. The van der Waals surface area contributed by atoms with Crippen molar-refractivity contribution in [2.24, 2.45) is 0 Å². The van der Waals surface area contributed by atoms with E-state index < -0.39 is 0 Å². The standard InChI is InChI=1S/C20H22Cl2N6O3/c1-30-10-11-31-13-18(29)26-6-8-27(9-7-26)20-24-19-23-5-4-17(28(19)25-20)14-2-3-15(21)16(22)12-14/h2-5,12H,6-11,13H2,1H3. The molecule has 31 heavy (non-hydrogen) atoms. The molecule has 0 aliphatic carbocycles. The number of piperazine rings is 1. The molecule has 1 aliphatic rings. The smallest absolute Gasteiger partial charge is 0.254 e. The molecule has 3 aromatic rings. The molecule has 3 heterocycles. The second-order valence-corrected chi connectivity index (χ2v) is 7.81. The predicted octanol–water partition coefficient (Wildman–Crippen LogP) is 2.41. The number of aromatic nitrogens is 4. The van der Waals surface area contributed by atoms with Crippen molar-refractivity contribution in [3.05, 3.63) is 40.5 Å². The van der Waals surface area contributed by atoms with E-state index in [0.717, 1.165) is 11.3 Å². The Morgan fingerprint density at radius 1 is 1.10 bits per heavy atom. The van der Waals surface area contributed by atoms with Crippen LogP contribution in [0, 0.1) is 0 Å². The van der Waals surface area contributed by atoms with E-state index in [4.69, 9.17) is 32.7 Å². The molecule has 4 rings (SSSR count). The molecule has 0 atom stereocenters. The number of amides is 1. The average Bonchev–Trinajstić information content (AvgIpc) is 3.23. The molecule has 0 N–H and O–H groups in total. The molecule has 11 heteroatoms. The molecule has 1 amide bonds. The van der Waals surface area contributed by atoms with Crippen molar-refractivity contribution in [3.63, 3.8) is 0 Å². The fourth-order valence-corrected chi connectivity index (χ4v) is 3.64. The van der Waals surface area contributed by atoms with Crippen molar-refractivity contribution in [3.8, 4) is 11.3 Å². The highest BCUT2D eigenvalue weighted by molar-refractivity contribution is 6.42. The number of carbonyl (C=O) groups excluding carboxylic acids is 1. The Labute approximate surface area is 189 Å². The molecule has 1 saturated heterocycles. The van der Waals surface area contributed by atoms with E-state index in [9.17, 15) is 4.79 Å². The van der Waals surface area contributed by atoms with Crippen LogP contribution in [0.3, 0.4) is 0 Å². The number of hydrogen-bond acceptors (Lipinski definition) is 7. The molecule has 1 aliphatic heterocycles. The van der Waals surface area contributed by atoms with Crippen molar-refractivity contribution < 1.29 is 14.3 Å². The van der Waals surface area contributed by atoms with Gasteiger partial charge in [0.2, 0.25) is 11.9 Å². The second-order valence-electron chi connectivity index (χ2n) is 7.00. The lowest BCUT2D eigenvalue weighted by Crippen LogP contribution is -2.50. The topological polar surface area (TPSA) is 85.1 Å². The summed E-state index contributed by atoms with van der Waals surface area (Å²) in [6.07, 6.45) is 1.69.